The Labute approximate surface area is 184 Å². The Balaban J connectivity index is 1.57. The van der Waals surface area contributed by atoms with E-state index in [4.69, 9.17) is 9.47 Å². The van der Waals surface area contributed by atoms with Crippen LogP contribution in [-0.4, -0.2) is 45.7 Å². The quantitative estimate of drug-likeness (QED) is 0.577. The van der Waals surface area contributed by atoms with Crippen LogP contribution in [0.15, 0.2) is 47.4 Å². The number of carbonyl (C=O) groups is 2. The van der Waals surface area contributed by atoms with E-state index in [9.17, 15) is 26.8 Å². The van der Waals surface area contributed by atoms with Gasteiger partial charge in [0.1, 0.15) is 11.6 Å². The lowest BCUT2D eigenvalue weighted by Gasteiger charge is -2.14. The Morgan fingerprint density at radius 2 is 1.91 bits per heavy atom. The van der Waals surface area contributed by atoms with E-state index in [1.807, 2.05) is 0 Å². The molecule has 0 aliphatic carbocycles. The molecular formula is C21H22F2N2O6S. The highest BCUT2D eigenvalue weighted by Gasteiger charge is 2.23. The van der Waals surface area contributed by atoms with Crippen LogP contribution in [-0.2, 0) is 24.3 Å². The molecule has 2 N–H and O–H groups in total. The average Bonchev–Trinajstić information content (AvgIpc) is 3.29. The normalized spacial score (nSPS) is 17.0. The topological polar surface area (TPSA) is 111 Å². The first kappa shape index (κ1) is 23.8. The molecule has 3 rings (SSSR count). The van der Waals surface area contributed by atoms with Gasteiger partial charge in [-0.2, -0.15) is 0 Å². The van der Waals surface area contributed by atoms with Crippen molar-refractivity contribution in [3.63, 3.8) is 0 Å². The summed E-state index contributed by atoms with van der Waals surface area (Å²) >= 11 is 0. The summed E-state index contributed by atoms with van der Waals surface area (Å²) in [6, 6.07) is 7.53. The van der Waals surface area contributed by atoms with Crippen LogP contribution < -0.4 is 10.0 Å². The molecule has 11 heteroatoms. The maximum absolute atomic E-state index is 13.6. The van der Waals surface area contributed by atoms with Gasteiger partial charge in [0.05, 0.1) is 22.3 Å². The van der Waals surface area contributed by atoms with E-state index in [-0.39, 0.29) is 28.8 Å². The standard InChI is InChI=1S/C21H22F2N2O6S/c1-13(20(26)25-19-11-15(22)6-9-18(19)23)31-21(27)14-4-7-17(8-5-14)32(28,29)24-12-16-3-2-10-30-16/h4-9,11,13,16,24H,2-3,10,12H2,1H3,(H,25,26)/t13-,16+/m1/s1. The number of carbonyl (C=O) groups excluding carboxylic acids is 2. The molecule has 0 saturated carbocycles. The molecule has 1 aliphatic heterocycles. The van der Waals surface area contributed by atoms with Gasteiger partial charge in [0, 0.05) is 19.2 Å². The van der Waals surface area contributed by atoms with Crippen LogP contribution in [0.1, 0.15) is 30.1 Å². The minimum absolute atomic E-state index is 0.0136. The maximum atomic E-state index is 13.6. The zero-order chi connectivity index (χ0) is 23.3. The average molecular weight is 468 g/mol. The third-order valence-electron chi connectivity index (χ3n) is 4.76. The van der Waals surface area contributed by atoms with Gasteiger partial charge in [0.25, 0.3) is 5.91 Å². The van der Waals surface area contributed by atoms with Crippen LogP contribution in [0, 0.1) is 11.6 Å². The molecule has 0 spiro atoms. The Morgan fingerprint density at radius 3 is 2.56 bits per heavy atom. The summed E-state index contributed by atoms with van der Waals surface area (Å²) < 4.78 is 64.5. The van der Waals surface area contributed by atoms with Crippen molar-refractivity contribution in [2.75, 3.05) is 18.5 Å². The summed E-state index contributed by atoms with van der Waals surface area (Å²) in [6.07, 6.45) is 0.191. The van der Waals surface area contributed by atoms with Crippen LogP contribution >= 0.6 is 0 Å². The van der Waals surface area contributed by atoms with Crippen molar-refractivity contribution in [2.24, 2.45) is 0 Å². The SMILES string of the molecule is C[C@@H](OC(=O)c1ccc(S(=O)(=O)NC[C@@H]2CCCO2)cc1)C(=O)Nc1cc(F)ccc1F. The van der Waals surface area contributed by atoms with Gasteiger partial charge in [-0.15, -0.1) is 0 Å². The number of rotatable bonds is 8. The second kappa shape index (κ2) is 10.2. The van der Waals surface area contributed by atoms with Crippen molar-refractivity contribution < 1.29 is 36.3 Å². The van der Waals surface area contributed by atoms with Gasteiger partial charge in [-0.25, -0.2) is 26.7 Å². The number of halogens is 2. The maximum Gasteiger partial charge on any atom is 0.338 e. The van der Waals surface area contributed by atoms with Gasteiger partial charge < -0.3 is 14.8 Å². The van der Waals surface area contributed by atoms with Gasteiger partial charge in [-0.05, 0) is 56.2 Å². The van der Waals surface area contributed by atoms with Crippen LogP contribution in [0.4, 0.5) is 14.5 Å². The lowest BCUT2D eigenvalue weighted by atomic mass is 10.2. The van der Waals surface area contributed by atoms with E-state index in [1.54, 1.807) is 0 Å². The fraction of sp³-hybridized carbons (Fsp3) is 0.333. The molecule has 0 bridgehead atoms. The molecule has 2 atom stereocenters. The summed E-state index contributed by atoms with van der Waals surface area (Å²) in [7, 11) is -3.78. The molecule has 8 nitrogen and oxygen atoms in total. The molecule has 0 unspecified atom stereocenters. The van der Waals surface area contributed by atoms with Gasteiger partial charge in [-0.3, -0.25) is 4.79 Å². The number of hydrogen-bond donors (Lipinski definition) is 2. The van der Waals surface area contributed by atoms with Crippen LogP contribution in [0.3, 0.4) is 0 Å². The lowest BCUT2D eigenvalue weighted by Crippen LogP contribution is -2.32. The summed E-state index contributed by atoms with van der Waals surface area (Å²) in [4.78, 5) is 24.4. The van der Waals surface area contributed by atoms with Crippen LogP contribution in [0.2, 0.25) is 0 Å². The Bertz CT molecular complexity index is 1090. The van der Waals surface area contributed by atoms with E-state index in [1.165, 1.54) is 31.2 Å². The van der Waals surface area contributed by atoms with Crippen molar-refractivity contribution in [3.8, 4) is 0 Å². The zero-order valence-corrected chi connectivity index (χ0v) is 18.0. The van der Waals surface area contributed by atoms with E-state index in [0.29, 0.717) is 6.61 Å². The van der Waals surface area contributed by atoms with E-state index >= 15 is 0 Å². The molecule has 1 amide bonds. The molecule has 0 radical (unpaired) electrons. The fourth-order valence-electron chi connectivity index (χ4n) is 2.97. The molecule has 1 heterocycles. The van der Waals surface area contributed by atoms with Crippen molar-refractivity contribution in [2.45, 2.75) is 36.9 Å². The third kappa shape index (κ3) is 6.09. The molecule has 32 heavy (non-hydrogen) atoms. The van der Waals surface area contributed by atoms with Crippen molar-refractivity contribution >= 4 is 27.6 Å². The number of nitrogens with one attached hydrogen (secondary N) is 2. The largest absolute Gasteiger partial charge is 0.449 e. The highest BCUT2D eigenvalue weighted by Crippen LogP contribution is 2.17. The fourth-order valence-corrected chi connectivity index (χ4v) is 4.04. The number of benzene rings is 2. The Morgan fingerprint density at radius 1 is 1.19 bits per heavy atom. The third-order valence-corrected chi connectivity index (χ3v) is 6.20. The van der Waals surface area contributed by atoms with Gasteiger partial charge in [-0.1, -0.05) is 0 Å². The summed E-state index contributed by atoms with van der Waals surface area (Å²) in [5, 5.41) is 2.14. The number of sulfonamides is 1. The van der Waals surface area contributed by atoms with Crippen molar-refractivity contribution in [3.05, 3.63) is 59.7 Å². The van der Waals surface area contributed by atoms with Crippen molar-refractivity contribution in [1.82, 2.24) is 4.72 Å². The van der Waals surface area contributed by atoms with Gasteiger partial charge >= 0.3 is 5.97 Å². The number of amides is 1. The monoisotopic (exact) mass is 468 g/mol. The molecule has 1 fully saturated rings. The molecule has 0 aromatic heterocycles. The number of esters is 1. The smallest absolute Gasteiger partial charge is 0.338 e. The molecule has 1 aliphatic rings. The van der Waals surface area contributed by atoms with E-state index in [0.717, 1.165) is 31.0 Å². The molecular weight excluding hydrogens is 446 g/mol. The predicted octanol–water partition coefficient (Wildman–Crippen LogP) is 2.61. The van der Waals surface area contributed by atoms with Crippen molar-refractivity contribution in [1.29, 1.82) is 0 Å². The Kier molecular flexibility index (Phi) is 7.54. The summed E-state index contributed by atoms with van der Waals surface area (Å²) in [6.45, 7) is 2.03. The van der Waals surface area contributed by atoms with Gasteiger partial charge in [0.15, 0.2) is 6.10 Å². The van der Waals surface area contributed by atoms with Gasteiger partial charge in [0.2, 0.25) is 10.0 Å². The van der Waals surface area contributed by atoms with E-state index < -0.39 is 39.6 Å². The van der Waals surface area contributed by atoms with Crippen LogP contribution in [0.25, 0.3) is 0 Å². The number of ether oxygens (including phenoxy) is 2. The minimum Gasteiger partial charge on any atom is -0.449 e. The minimum atomic E-state index is -3.78. The van der Waals surface area contributed by atoms with E-state index in [2.05, 4.69) is 10.0 Å². The number of anilines is 1. The highest BCUT2D eigenvalue weighted by atomic mass is 32.2. The number of hydrogen-bond acceptors (Lipinski definition) is 6. The summed E-state index contributed by atoms with van der Waals surface area (Å²) in [5.41, 5.74) is -0.373. The first-order valence-electron chi connectivity index (χ1n) is 9.84. The molecule has 1 saturated heterocycles. The highest BCUT2D eigenvalue weighted by molar-refractivity contribution is 7.89. The molecule has 2 aromatic rings. The second-order valence-electron chi connectivity index (χ2n) is 7.17. The lowest BCUT2D eigenvalue weighted by molar-refractivity contribution is -0.123. The summed E-state index contributed by atoms with van der Waals surface area (Å²) in [5.74, 6) is -3.33. The second-order valence-corrected chi connectivity index (χ2v) is 8.94. The first-order chi connectivity index (χ1) is 15.2. The Hall–Kier alpha value is -2.89. The predicted molar refractivity (Wildman–Crippen MR) is 110 cm³/mol. The molecule has 172 valence electrons. The first-order valence-corrected chi connectivity index (χ1v) is 11.3. The zero-order valence-electron chi connectivity index (χ0n) is 17.1. The molecule has 2 aromatic carbocycles. The van der Waals surface area contributed by atoms with Crippen LogP contribution in [0.5, 0.6) is 0 Å².